The van der Waals surface area contributed by atoms with Gasteiger partial charge in [0.25, 0.3) is 5.91 Å². The summed E-state index contributed by atoms with van der Waals surface area (Å²) < 4.78 is 17.5. The predicted molar refractivity (Wildman–Crippen MR) is 58.1 cm³/mol. The Hall–Kier alpha value is -1.81. The van der Waals surface area contributed by atoms with Crippen molar-refractivity contribution in [2.45, 2.75) is 0 Å². The molecule has 1 aromatic carbocycles. The first-order chi connectivity index (χ1) is 7.65. The fraction of sp³-hybridized carbons (Fsp3) is 0. The molecule has 0 aliphatic heterocycles. The molecule has 82 valence electrons. The first kappa shape index (κ1) is 10.7. The minimum Gasteiger partial charge on any atom is -0.440 e. The summed E-state index contributed by atoms with van der Waals surface area (Å²) in [7, 11) is 0. The van der Waals surface area contributed by atoms with Crippen molar-refractivity contribution in [1.29, 1.82) is 0 Å². The van der Waals surface area contributed by atoms with Crippen molar-refractivity contribution < 1.29 is 13.6 Å². The van der Waals surface area contributed by atoms with E-state index in [4.69, 9.17) is 16.0 Å². The summed E-state index contributed by atoms with van der Waals surface area (Å²) in [6, 6.07) is 8.35. The van der Waals surface area contributed by atoms with Crippen LogP contribution < -0.4 is 5.32 Å². The van der Waals surface area contributed by atoms with Gasteiger partial charge in [-0.15, -0.1) is 0 Å². The normalized spacial score (nSPS) is 10.1. The lowest BCUT2D eigenvalue weighted by Gasteiger charge is -2.02. The largest absolute Gasteiger partial charge is 0.440 e. The number of nitrogens with one attached hydrogen (secondary N) is 1. The number of benzene rings is 1. The molecule has 2 rings (SSSR count). The van der Waals surface area contributed by atoms with E-state index in [-0.39, 0.29) is 16.8 Å². The molecule has 0 atom stereocenters. The van der Waals surface area contributed by atoms with Crippen molar-refractivity contribution in [2.75, 3.05) is 5.32 Å². The van der Waals surface area contributed by atoms with Crippen molar-refractivity contribution in [3.05, 3.63) is 53.2 Å². The molecule has 1 heterocycles. The molecule has 0 radical (unpaired) electrons. The summed E-state index contributed by atoms with van der Waals surface area (Å²) in [5.74, 6) is -0.688. The SMILES string of the molecule is O=C(Nc1ccc(F)cc1)c1ccc(Cl)o1. The maximum atomic E-state index is 12.6. The topological polar surface area (TPSA) is 42.2 Å². The minimum atomic E-state index is -0.432. The van der Waals surface area contributed by atoms with Crippen LogP contribution in [-0.4, -0.2) is 5.91 Å². The second-order valence-corrected chi connectivity index (χ2v) is 3.44. The molecule has 0 aliphatic rings. The maximum Gasteiger partial charge on any atom is 0.291 e. The van der Waals surface area contributed by atoms with E-state index in [0.717, 1.165) is 0 Å². The van der Waals surface area contributed by atoms with E-state index >= 15 is 0 Å². The van der Waals surface area contributed by atoms with Crippen LogP contribution >= 0.6 is 11.6 Å². The summed E-state index contributed by atoms with van der Waals surface area (Å²) in [5, 5.41) is 2.68. The lowest BCUT2D eigenvalue weighted by molar-refractivity contribution is 0.0997. The number of hydrogen-bond donors (Lipinski definition) is 1. The molecule has 0 fully saturated rings. The van der Waals surface area contributed by atoms with Gasteiger partial charge in [0.1, 0.15) is 5.82 Å². The number of rotatable bonds is 2. The van der Waals surface area contributed by atoms with Crippen LogP contribution in [-0.2, 0) is 0 Å². The molecular formula is C11H7ClFNO2. The van der Waals surface area contributed by atoms with Crippen LogP contribution in [0.1, 0.15) is 10.6 Å². The molecule has 0 unspecified atom stereocenters. The first-order valence-corrected chi connectivity index (χ1v) is 4.85. The second kappa shape index (κ2) is 4.37. The Morgan fingerprint density at radius 2 is 1.88 bits per heavy atom. The third-order valence-corrected chi connectivity index (χ3v) is 2.10. The van der Waals surface area contributed by atoms with E-state index in [1.807, 2.05) is 0 Å². The Kier molecular flexibility index (Phi) is 2.92. The Morgan fingerprint density at radius 1 is 1.19 bits per heavy atom. The Morgan fingerprint density at radius 3 is 2.44 bits per heavy atom. The van der Waals surface area contributed by atoms with Gasteiger partial charge in [0, 0.05) is 5.69 Å². The Labute approximate surface area is 95.8 Å². The number of anilines is 1. The van der Waals surface area contributed by atoms with Crippen LogP contribution in [0, 0.1) is 5.82 Å². The zero-order valence-electron chi connectivity index (χ0n) is 8.04. The molecule has 1 aromatic heterocycles. The molecule has 0 saturated carbocycles. The summed E-state index contributed by atoms with van der Waals surface area (Å²) in [6.07, 6.45) is 0. The zero-order valence-corrected chi connectivity index (χ0v) is 8.79. The number of carbonyl (C=O) groups excluding carboxylic acids is 1. The highest BCUT2D eigenvalue weighted by Crippen LogP contribution is 2.15. The van der Waals surface area contributed by atoms with Crippen molar-refractivity contribution in [3.8, 4) is 0 Å². The summed E-state index contributed by atoms with van der Waals surface area (Å²) in [4.78, 5) is 11.6. The standard InChI is InChI=1S/C11H7ClFNO2/c12-10-6-5-9(16-10)11(15)14-8-3-1-7(13)2-4-8/h1-6H,(H,14,15). The van der Waals surface area contributed by atoms with Gasteiger partial charge in [-0.25, -0.2) is 4.39 Å². The third kappa shape index (κ3) is 2.41. The summed E-state index contributed by atoms with van der Waals surface area (Å²) >= 11 is 5.53. The van der Waals surface area contributed by atoms with Gasteiger partial charge in [-0.05, 0) is 48.0 Å². The van der Waals surface area contributed by atoms with Gasteiger partial charge in [-0.2, -0.15) is 0 Å². The monoisotopic (exact) mass is 239 g/mol. The third-order valence-electron chi connectivity index (χ3n) is 1.90. The average Bonchev–Trinajstić information content (AvgIpc) is 2.68. The van der Waals surface area contributed by atoms with Gasteiger partial charge < -0.3 is 9.73 Å². The van der Waals surface area contributed by atoms with Crippen LogP contribution in [0.2, 0.25) is 5.22 Å². The van der Waals surface area contributed by atoms with Crippen LogP contribution in [0.3, 0.4) is 0 Å². The quantitative estimate of drug-likeness (QED) is 0.874. The first-order valence-electron chi connectivity index (χ1n) is 4.47. The second-order valence-electron chi connectivity index (χ2n) is 3.06. The van der Waals surface area contributed by atoms with Crippen LogP contribution in [0.15, 0.2) is 40.8 Å². The van der Waals surface area contributed by atoms with Gasteiger partial charge in [0.05, 0.1) is 0 Å². The molecule has 1 amide bonds. The van der Waals surface area contributed by atoms with Crippen LogP contribution in [0.4, 0.5) is 10.1 Å². The smallest absolute Gasteiger partial charge is 0.291 e. The molecule has 0 saturated heterocycles. The average molecular weight is 240 g/mol. The van der Waals surface area contributed by atoms with Gasteiger partial charge in [-0.3, -0.25) is 4.79 Å². The van der Waals surface area contributed by atoms with E-state index in [0.29, 0.717) is 5.69 Å². The molecule has 3 nitrogen and oxygen atoms in total. The van der Waals surface area contributed by atoms with E-state index in [2.05, 4.69) is 5.32 Å². The van der Waals surface area contributed by atoms with Crippen LogP contribution in [0.5, 0.6) is 0 Å². The highest BCUT2D eigenvalue weighted by atomic mass is 35.5. The van der Waals surface area contributed by atoms with Crippen molar-refractivity contribution >= 4 is 23.2 Å². The lowest BCUT2D eigenvalue weighted by Crippen LogP contribution is -2.10. The molecule has 0 aliphatic carbocycles. The molecule has 0 bridgehead atoms. The number of amides is 1. The summed E-state index contributed by atoms with van der Waals surface area (Å²) in [6.45, 7) is 0. The highest BCUT2D eigenvalue weighted by Gasteiger charge is 2.10. The van der Waals surface area contributed by atoms with Crippen molar-refractivity contribution in [1.82, 2.24) is 0 Å². The van der Waals surface area contributed by atoms with Gasteiger partial charge in [-0.1, -0.05) is 0 Å². The zero-order chi connectivity index (χ0) is 11.5. The fourth-order valence-electron chi connectivity index (χ4n) is 1.16. The van der Waals surface area contributed by atoms with E-state index in [1.54, 1.807) is 0 Å². The van der Waals surface area contributed by atoms with E-state index < -0.39 is 5.91 Å². The van der Waals surface area contributed by atoms with Gasteiger partial charge in [0.2, 0.25) is 0 Å². The number of carbonyl (C=O) groups is 1. The minimum absolute atomic E-state index is 0.106. The van der Waals surface area contributed by atoms with Crippen LogP contribution in [0.25, 0.3) is 0 Å². The van der Waals surface area contributed by atoms with E-state index in [9.17, 15) is 9.18 Å². The van der Waals surface area contributed by atoms with Gasteiger partial charge >= 0.3 is 0 Å². The molecular weight excluding hydrogens is 233 g/mol. The molecule has 16 heavy (non-hydrogen) atoms. The molecule has 1 N–H and O–H groups in total. The summed E-state index contributed by atoms with van der Waals surface area (Å²) in [5.41, 5.74) is 0.485. The maximum absolute atomic E-state index is 12.6. The van der Waals surface area contributed by atoms with E-state index in [1.165, 1.54) is 36.4 Å². The van der Waals surface area contributed by atoms with Crippen molar-refractivity contribution in [3.63, 3.8) is 0 Å². The Bertz CT molecular complexity index is 507. The predicted octanol–water partition coefficient (Wildman–Crippen LogP) is 3.32. The molecule has 0 spiro atoms. The molecule has 5 heteroatoms. The fourth-order valence-corrected chi connectivity index (χ4v) is 1.31. The molecule has 2 aromatic rings. The van der Waals surface area contributed by atoms with Crippen molar-refractivity contribution in [2.24, 2.45) is 0 Å². The lowest BCUT2D eigenvalue weighted by atomic mass is 10.3. The Balaban J connectivity index is 2.10. The highest BCUT2D eigenvalue weighted by molar-refractivity contribution is 6.29. The number of hydrogen-bond acceptors (Lipinski definition) is 2. The van der Waals surface area contributed by atoms with Gasteiger partial charge in [0.15, 0.2) is 11.0 Å². The number of furan rings is 1. The number of halogens is 2.